The molecule has 0 saturated carbocycles. The van der Waals surface area contributed by atoms with Gasteiger partial charge in [0.05, 0.1) is 12.4 Å². The Hall–Kier alpha value is -1.76. The number of anilines is 1. The van der Waals surface area contributed by atoms with Crippen molar-refractivity contribution in [2.75, 3.05) is 11.8 Å². The Labute approximate surface area is 107 Å². The highest BCUT2D eigenvalue weighted by Crippen LogP contribution is 2.29. The normalized spacial score (nSPS) is 11.3. The van der Waals surface area contributed by atoms with Crippen molar-refractivity contribution in [1.29, 1.82) is 5.41 Å². The molecule has 0 unspecified atom stereocenters. The van der Waals surface area contributed by atoms with E-state index in [1.54, 1.807) is 32.0 Å². The van der Waals surface area contributed by atoms with Crippen LogP contribution >= 0.6 is 0 Å². The Morgan fingerprint density at radius 2 is 2.06 bits per heavy atom. The smallest absolute Gasteiger partial charge is 0.235 e. The van der Waals surface area contributed by atoms with Gasteiger partial charge in [0.2, 0.25) is 10.0 Å². The first-order valence-corrected chi connectivity index (χ1v) is 6.87. The lowest BCUT2D eigenvalue weighted by Crippen LogP contribution is -2.25. The molecule has 0 aliphatic heterocycles. The van der Waals surface area contributed by atoms with Gasteiger partial charge in [0.25, 0.3) is 0 Å². The van der Waals surface area contributed by atoms with E-state index >= 15 is 0 Å². The zero-order chi connectivity index (χ0) is 13.9. The number of benzene rings is 1. The van der Waals surface area contributed by atoms with Crippen LogP contribution in [0, 0.1) is 5.41 Å². The second kappa shape index (κ2) is 5.26. The monoisotopic (exact) mass is 271 g/mol. The number of hydrogen-bond acceptors (Lipinski definition) is 4. The molecule has 1 rings (SSSR count). The predicted molar refractivity (Wildman–Crippen MR) is 71.7 cm³/mol. The van der Waals surface area contributed by atoms with E-state index in [4.69, 9.17) is 15.9 Å². The summed E-state index contributed by atoms with van der Waals surface area (Å²) < 4.78 is 31.2. The van der Waals surface area contributed by atoms with Crippen molar-refractivity contribution in [3.05, 3.63) is 23.8 Å². The minimum Gasteiger partial charge on any atom is -0.495 e. The Kier molecular flexibility index (Phi) is 4.18. The number of para-hydroxylation sites is 1. The number of methoxy groups -OCH3 is 1. The summed E-state index contributed by atoms with van der Waals surface area (Å²) in [6, 6.07) is 4.80. The van der Waals surface area contributed by atoms with Crippen molar-refractivity contribution in [1.82, 2.24) is 0 Å². The fourth-order valence-corrected chi connectivity index (χ4v) is 2.02. The van der Waals surface area contributed by atoms with E-state index < -0.39 is 15.3 Å². The van der Waals surface area contributed by atoms with Crippen LogP contribution in [0.2, 0.25) is 0 Å². The number of hydrogen-bond donors (Lipinski definition) is 3. The second-order valence-corrected chi connectivity index (χ2v) is 6.23. The summed E-state index contributed by atoms with van der Waals surface area (Å²) >= 11 is 0. The van der Waals surface area contributed by atoms with Crippen LogP contribution in [-0.2, 0) is 10.0 Å². The molecule has 0 spiro atoms. The number of amidine groups is 1. The molecule has 18 heavy (non-hydrogen) atoms. The highest BCUT2D eigenvalue weighted by Gasteiger charge is 2.20. The number of nitrogen functional groups attached to an aromatic ring is 1. The molecule has 0 atom stereocenters. The van der Waals surface area contributed by atoms with E-state index in [2.05, 4.69) is 4.72 Å². The first-order valence-electron chi connectivity index (χ1n) is 5.32. The number of sulfonamides is 1. The third-order valence-corrected chi connectivity index (χ3v) is 4.13. The topological polar surface area (TPSA) is 105 Å². The quantitative estimate of drug-likeness (QED) is 0.551. The number of nitrogens with two attached hydrogens (primary N) is 1. The highest BCUT2D eigenvalue weighted by atomic mass is 32.2. The average Bonchev–Trinajstić information content (AvgIpc) is 2.28. The largest absolute Gasteiger partial charge is 0.495 e. The summed E-state index contributed by atoms with van der Waals surface area (Å²) in [5, 5.41) is 6.86. The van der Waals surface area contributed by atoms with Crippen molar-refractivity contribution in [3.63, 3.8) is 0 Å². The van der Waals surface area contributed by atoms with Gasteiger partial charge in [-0.05, 0) is 26.0 Å². The van der Waals surface area contributed by atoms with Crippen molar-refractivity contribution in [2.24, 2.45) is 5.73 Å². The molecule has 1 aromatic carbocycles. The molecule has 0 aromatic heterocycles. The van der Waals surface area contributed by atoms with Gasteiger partial charge in [-0.2, -0.15) is 0 Å². The van der Waals surface area contributed by atoms with E-state index in [1.807, 2.05) is 0 Å². The summed E-state index contributed by atoms with van der Waals surface area (Å²) in [6.45, 7) is 3.12. The Balaban J connectivity index is 3.34. The van der Waals surface area contributed by atoms with Gasteiger partial charge in [0.15, 0.2) is 0 Å². The zero-order valence-corrected chi connectivity index (χ0v) is 11.3. The molecule has 4 N–H and O–H groups in total. The minimum absolute atomic E-state index is 0.196. The van der Waals surface area contributed by atoms with Gasteiger partial charge in [-0.1, -0.05) is 6.07 Å². The van der Waals surface area contributed by atoms with Crippen LogP contribution in [0.4, 0.5) is 5.69 Å². The van der Waals surface area contributed by atoms with Crippen LogP contribution in [0.15, 0.2) is 18.2 Å². The minimum atomic E-state index is -3.52. The summed E-state index contributed by atoms with van der Waals surface area (Å²) in [7, 11) is -2.10. The maximum absolute atomic E-state index is 11.9. The van der Waals surface area contributed by atoms with Gasteiger partial charge < -0.3 is 10.5 Å². The molecule has 1 aromatic rings. The first kappa shape index (κ1) is 14.3. The average molecular weight is 271 g/mol. The van der Waals surface area contributed by atoms with Crippen LogP contribution in [0.25, 0.3) is 0 Å². The molecule has 0 heterocycles. The van der Waals surface area contributed by atoms with Crippen molar-refractivity contribution in [2.45, 2.75) is 19.1 Å². The van der Waals surface area contributed by atoms with E-state index in [-0.39, 0.29) is 11.5 Å². The van der Waals surface area contributed by atoms with Crippen molar-refractivity contribution < 1.29 is 13.2 Å². The SMILES string of the molecule is COc1cccc(C(=N)N)c1NS(=O)(=O)C(C)C. The second-order valence-electron chi connectivity index (χ2n) is 3.99. The summed E-state index contributed by atoms with van der Waals surface area (Å²) in [6.07, 6.45) is 0. The summed E-state index contributed by atoms with van der Waals surface area (Å²) in [4.78, 5) is 0. The molecule has 0 fully saturated rings. The predicted octanol–water partition coefficient (Wildman–Crippen LogP) is 1.13. The fourth-order valence-electron chi connectivity index (χ4n) is 1.29. The standard InChI is InChI=1S/C11H17N3O3S/c1-7(2)18(15,16)14-10-8(11(12)13)5-4-6-9(10)17-3/h4-7,14H,1-3H3,(H3,12,13). The number of rotatable bonds is 5. The maximum Gasteiger partial charge on any atom is 0.235 e. The lowest BCUT2D eigenvalue weighted by Gasteiger charge is -2.16. The molecule has 7 heteroatoms. The van der Waals surface area contributed by atoms with Crippen LogP contribution in [0.1, 0.15) is 19.4 Å². The Bertz CT molecular complexity index is 553. The lowest BCUT2D eigenvalue weighted by atomic mass is 10.1. The third-order valence-electron chi connectivity index (χ3n) is 2.40. The van der Waals surface area contributed by atoms with Crippen LogP contribution in [0.3, 0.4) is 0 Å². The van der Waals surface area contributed by atoms with Crippen LogP contribution in [0.5, 0.6) is 5.75 Å². The van der Waals surface area contributed by atoms with Crippen LogP contribution in [-0.4, -0.2) is 26.6 Å². The van der Waals surface area contributed by atoms with Crippen molar-refractivity contribution in [3.8, 4) is 5.75 Å². The molecule has 0 amide bonds. The van der Waals surface area contributed by atoms with Gasteiger partial charge in [-0.3, -0.25) is 10.1 Å². The van der Waals surface area contributed by atoms with Gasteiger partial charge in [-0.15, -0.1) is 0 Å². The molecule has 0 aliphatic rings. The lowest BCUT2D eigenvalue weighted by molar-refractivity contribution is 0.417. The first-order chi connectivity index (χ1) is 8.29. The molecular formula is C11H17N3O3S. The van der Waals surface area contributed by atoms with Crippen LogP contribution < -0.4 is 15.2 Å². The molecular weight excluding hydrogens is 254 g/mol. The van der Waals surface area contributed by atoms with E-state index in [0.29, 0.717) is 11.3 Å². The molecule has 100 valence electrons. The van der Waals surface area contributed by atoms with Gasteiger partial charge in [0, 0.05) is 5.56 Å². The van der Waals surface area contributed by atoms with Gasteiger partial charge >= 0.3 is 0 Å². The summed E-state index contributed by atoms with van der Waals surface area (Å²) in [5.41, 5.74) is 5.91. The molecule has 0 radical (unpaired) electrons. The number of nitrogens with one attached hydrogen (secondary N) is 2. The van der Waals surface area contributed by atoms with E-state index in [1.165, 1.54) is 7.11 Å². The maximum atomic E-state index is 11.9. The van der Waals surface area contributed by atoms with Gasteiger partial charge in [-0.25, -0.2) is 8.42 Å². The Morgan fingerprint density at radius 1 is 1.44 bits per heavy atom. The zero-order valence-electron chi connectivity index (χ0n) is 10.5. The van der Waals surface area contributed by atoms with Crippen molar-refractivity contribution >= 4 is 21.5 Å². The highest BCUT2D eigenvalue weighted by molar-refractivity contribution is 7.93. The Morgan fingerprint density at radius 3 is 2.50 bits per heavy atom. The fraction of sp³-hybridized carbons (Fsp3) is 0.364. The molecule has 6 nitrogen and oxygen atoms in total. The van der Waals surface area contributed by atoms with Gasteiger partial charge in [0.1, 0.15) is 17.3 Å². The summed E-state index contributed by atoms with van der Waals surface area (Å²) in [5.74, 6) is 0.0993. The molecule has 0 aliphatic carbocycles. The molecule has 0 bridgehead atoms. The molecule has 0 saturated heterocycles. The van der Waals surface area contributed by atoms with E-state index in [9.17, 15) is 8.42 Å². The third kappa shape index (κ3) is 2.92. The van der Waals surface area contributed by atoms with E-state index in [0.717, 1.165) is 0 Å². The number of ether oxygens (including phenoxy) is 1.